The van der Waals surface area contributed by atoms with E-state index in [1.807, 2.05) is 12.1 Å². The van der Waals surface area contributed by atoms with Crippen LogP contribution in [-0.2, 0) is 6.61 Å². The minimum atomic E-state index is -0.0178. The quantitative estimate of drug-likeness (QED) is 0.901. The summed E-state index contributed by atoms with van der Waals surface area (Å²) >= 11 is 0. The molecular weight excluding hydrogens is 242 g/mol. The Morgan fingerprint density at radius 1 is 1.26 bits per heavy atom. The lowest BCUT2D eigenvalue weighted by atomic mass is 9.94. The number of methoxy groups -OCH3 is 2. The fourth-order valence-corrected chi connectivity index (χ4v) is 2.41. The molecule has 0 spiro atoms. The van der Waals surface area contributed by atoms with Crippen LogP contribution in [0.5, 0.6) is 11.5 Å². The highest BCUT2D eigenvalue weighted by Crippen LogP contribution is 2.36. The lowest BCUT2D eigenvalue weighted by molar-refractivity contribution is 0.279. The van der Waals surface area contributed by atoms with Crippen LogP contribution in [0.2, 0.25) is 0 Å². The van der Waals surface area contributed by atoms with Crippen LogP contribution in [0.15, 0.2) is 18.2 Å². The van der Waals surface area contributed by atoms with E-state index in [4.69, 9.17) is 9.47 Å². The molecule has 1 aliphatic heterocycles. The standard InChI is InChI=1S/C15H21NO3/c1-16-6-4-11(5-7-16)15-12(10-17)8-13(18-2)9-14(15)19-3/h4,8-9,17H,5-7,10H2,1-3H3. The first-order valence-corrected chi connectivity index (χ1v) is 6.43. The van der Waals surface area contributed by atoms with Gasteiger partial charge in [-0.1, -0.05) is 6.08 Å². The van der Waals surface area contributed by atoms with Gasteiger partial charge in [-0.2, -0.15) is 0 Å². The smallest absolute Gasteiger partial charge is 0.130 e. The van der Waals surface area contributed by atoms with E-state index in [-0.39, 0.29) is 6.61 Å². The van der Waals surface area contributed by atoms with E-state index in [0.29, 0.717) is 5.75 Å². The van der Waals surface area contributed by atoms with Crippen LogP contribution in [0.4, 0.5) is 0 Å². The predicted octanol–water partition coefficient (Wildman–Crippen LogP) is 1.92. The topological polar surface area (TPSA) is 41.9 Å². The number of nitrogens with zero attached hydrogens (tertiary/aromatic N) is 1. The molecule has 19 heavy (non-hydrogen) atoms. The lowest BCUT2D eigenvalue weighted by Crippen LogP contribution is -2.24. The number of hydrogen-bond donors (Lipinski definition) is 1. The molecule has 0 aliphatic carbocycles. The van der Waals surface area contributed by atoms with Gasteiger partial charge in [-0.25, -0.2) is 0 Å². The summed E-state index contributed by atoms with van der Waals surface area (Å²) in [6.07, 6.45) is 3.17. The summed E-state index contributed by atoms with van der Waals surface area (Å²) in [6.45, 7) is 1.93. The monoisotopic (exact) mass is 263 g/mol. The van der Waals surface area contributed by atoms with E-state index in [1.54, 1.807) is 14.2 Å². The van der Waals surface area contributed by atoms with Crippen molar-refractivity contribution < 1.29 is 14.6 Å². The van der Waals surface area contributed by atoms with E-state index in [0.717, 1.165) is 36.4 Å². The molecule has 0 amide bonds. The summed E-state index contributed by atoms with van der Waals surface area (Å²) in [5.74, 6) is 1.47. The van der Waals surface area contributed by atoms with Gasteiger partial charge in [0.2, 0.25) is 0 Å². The van der Waals surface area contributed by atoms with Gasteiger partial charge in [0.05, 0.1) is 20.8 Å². The van der Waals surface area contributed by atoms with Crippen molar-refractivity contribution in [2.75, 3.05) is 34.4 Å². The normalized spacial score (nSPS) is 16.1. The number of aliphatic hydroxyl groups excluding tert-OH is 1. The number of hydrogen-bond acceptors (Lipinski definition) is 4. The Bertz CT molecular complexity index is 457. The molecule has 104 valence electrons. The summed E-state index contributed by atoms with van der Waals surface area (Å²) in [5.41, 5.74) is 3.10. The van der Waals surface area contributed by atoms with E-state index in [2.05, 4.69) is 18.0 Å². The summed E-state index contributed by atoms with van der Waals surface area (Å²) in [5, 5.41) is 9.59. The van der Waals surface area contributed by atoms with Crippen molar-refractivity contribution >= 4 is 5.57 Å². The van der Waals surface area contributed by atoms with E-state index in [1.165, 1.54) is 5.57 Å². The number of rotatable bonds is 4. The van der Waals surface area contributed by atoms with Gasteiger partial charge in [-0.3, -0.25) is 0 Å². The first-order valence-electron chi connectivity index (χ1n) is 6.43. The maximum absolute atomic E-state index is 9.59. The SMILES string of the molecule is COc1cc(CO)c(C2=CCN(C)CC2)c(OC)c1. The second-order valence-electron chi connectivity index (χ2n) is 4.76. The highest BCUT2D eigenvalue weighted by atomic mass is 16.5. The third kappa shape index (κ3) is 2.91. The van der Waals surface area contributed by atoms with E-state index >= 15 is 0 Å². The molecule has 4 heteroatoms. The molecule has 4 nitrogen and oxygen atoms in total. The van der Waals surface area contributed by atoms with Gasteiger partial charge < -0.3 is 19.5 Å². The Kier molecular flexibility index (Phi) is 4.45. The molecule has 0 aromatic heterocycles. The van der Waals surface area contributed by atoms with Gasteiger partial charge in [0.1, 0.15) is 11.5 Å². The third-order valence-corrected chi connectivity index (χ3v) is 3.52. The maximum Gasteiger partial charge on any atom is 0.130 e. The van der Waals surface area contributed by atoms with Crippen molar-refractivity contribution in [3.8, 4) is 11.5 Å². The molecule has 1 N–H and O–H groups in total. The van der Waals surface area contributed by atoms with Crippen molar-refractivity contribution in [1.82, 2.24) is 4.90 Å². The highest BCUT2D eigenvalue weighted by Gasteiger charge is 2.18. The zero-order valence-corrected chi connectivity index (χ0v) is 11.8. The fourth-order valence-electron chi connectivity index (χ4n) is 2.41. The number of aliphatic hydroxyl groups is 1. The zero-order chi connectivity index (χ0) is 13.8. The largest absolute Gasteiger partial charge is 0.497 e. The van der Waals surface area contributed by atoms with Crippen LogP contribution >= 0.6 is 0 Å². The summed E-state index contributed by atoms with van der Waals surface area (Å²) in [7, 11) is 5.37. The minimum absolute atomic E-state index is 0.0178. The van der Waals surface area contributed by atoms with Gasteiger partial charge in [0, 0.05) is 24.7 Å². The minimum Gasteiger partial charge on any atom is -0.497 e. The fraction of sp³-hybridized carbons (Fsp3) is 0.467. The molecule has 0 fully saturated rings. The van der Waals surface area contributed by atoms with Gasteiger partial charge in [0.15, 0.2) is 0 Å². The molecular formula is C15H21NO3. The average molecular weight is 263 g/mol. The van der Waals surface area contributed by atoms with Crippen LogP contribution < -0.4 is 9.47 Å². The summed E-state index contributed by atoms with van der Waals surface area (Å²) in [6, 6.07) is 3.74. The third-order valence-electron chi connectivity index (χ3n) is 3.52. The molecule has 0 unspecified atom stereocenters. The number of ether oxygens (including phenoxy) is 2. The van der Waals surface area contributed by atoms with Crippen LogP contribution in [0, 0.1) is 0 Å². The van der Waals surface area contributed by atoms with E-state index in [9.17, 15) is 5.11 Å². The molecule has 1 aromatic rings. The van der Waals surface area contributed by atoms with Gasteiger partial charge in [-0.15, -0.1) is 0 Å². The van der Waals surface area contributed by atoms with Crippen LogP contribution in [0.1, 0.15) is 17.5 Å². The molecule has 0 atom stereocenters. The summed E-state index contributed by atoms with van der Waals surface area (Å²) in [4.78, 5) is 2.26. The average Bonchev–Trinajstić information content (AvgIpc) is 2.46. The second-order valence-corrected chi connectivity index (χ2v) is 4.76. The van der Waals surface area contributed by atoms with Crippen LogP contribution in [0.25, 0.3) is 5.57 Å². The van der Waals surface area contributed by atoms with Gasteiger partial charge in [-0.05, 0) is 30.7 Å². The molecule has 1 heterocycles. The molecule has 2 rings (SSSR count). The van der Waals surface area contributed by atoms with Crippen LogP contribution in [-0.4, -0.2) is 44.4 Å². The molecule has 1 aliphatic rings. The second kappa shape index (κ2) is 6.08. The van der Waals surface area contributed by atoms with Crippen molar-refractivity contribution in [3.63, 3.8) is 0 Å². The van der Waals surface area contributed by atoms with Crippen LogP contribution in [0.3, 0.4) is 0 Å². The zero-order valence-electron chi connectivity index (χ0n) is 11.8. The number of benzene rings is 1. The van der Waals surface area contributed by atoms with Crippen molar-refractivity contribution in [1.29, 1.82) is 0 Å². The number of likely N-dealkylation sites (N-methyl/N-ethyl adjacent to an activating group) is 1. The predicted molar refractivity (Wildman–Crippen MR) is 75.6 cm³/mol. The Balaban J connectivity index is 2.48. The molecule has 0 bridgehead atoms. The Hall–Kier alpha value is -1.52. The Morgan fingerprint density at radius 3 is 2.58 bits per heavy atom. The lowest BCUT2D eigenvalue weighted by Gasteiger charge is -2.24. The molecule has 0 saturated heterocycles. The van der Waals surface area contributed by atoms with Crippen molar-refractivity contribution in [2.24, 2.45) is 0 Å². The van der Waals surface area contributed by atoms with Crippen molar-refractivity contribution in [2.45, 2.75) is 13.0 Å². The Morgan fingerprint density at radius 2 is 2.05 bits per heavy atom. The summed E-state index contributed by atoms with van der Waals surface area (Å²) < 4.78 is 10.7. The Labute approximate surface area is 114 Å². The van der Waals surface area contributed by atoms with E-state index < -0.39 is 0 Å². The molecule has 0 radical (unpaired) electrons. The molecule has 0 saturated carbocycles. The maximum atomic E-state index is 9.59. The first kappa shape index (κ1) is 13.9. The van der Waals surface area contributed by atoms with Gasteiger partial charge in [0.25, 0.3) is 0 Å². The van der Waals surface area contributed by atoms with Gasteiger partial charge >= 0.3 is 0 Å². The first-order chi connectivity index (χ1) is 9.19. The highest BCUT2D eigenvalue weighted by molar-refractivity contribution is 5.75. The van der Waals surface area contributed by atoms with Crippen molar-refractivity contribution in [3.05, 3.63) is 29.3 Å². The molecule has 1 aromatic carbocycles.